The first-order valence-electron chi connectivity index (χ1n) is 4.49. The van der Waals surface area contributed by atoms with Gasteiger partial charge in [0.15, 0.2) is 5.43 Å². The Morgan fingerprint density at radius 1 is 1.13 bits per heavy atom. The Bertz CT molecular complexity index is 657. The molecule has 1 N–H and O–H groups in total. The van der Waals surface area contributed by atoms with E-state index >= 15 is 0 Å². The third-order valence-electron chi connectivity index (χ3n) is 2.55. The molecule has 5 heteroatoms. The SMILES string of the molecule is O=c1[nH]c2c(c(=O)c3cscc13)CSC2. The predicted molar refractivity (Wildman–Crippen MR) is 63.7 cm³/mol. The highest BCUT2D eigenvalue weighted by Gasteiger charge is 2.17. The smallest absolute Gasteiger partial charge is 0.257 e. The van der Waals surface area contributed by atoms with Gasteiger partial charge in [0.25, 0.3) is 5.56 Å². The Balaban J connectivity index is 2.64. The number of thioether (sulfide) groups is 1. The molecule has 3 heterocycles. The van der Waals surface area contributed by atoms with Gasteiger partial charge >= 0.3 is 0 Å². The third-order valence-corrected chi connectivity index (χ3v) is 4.28. The van der Waals surface area contributed by atoms with Gasteiger partial charge in [0.05, 0.1) is 5.39 Å². The standard InChI is InChI=1S/C10H7NO2S2/c12-9-5-1-14-2-6(5)10(13)11-8-4-15-3-7(8)9/h1-2H,3-4H2,(H,11,13). The lowest BCUT2D eigenvalue weighted by molar-refractivity contribution is 1.14. The third kappa shape index (κ3) is 1.27. The van der Waals surface area contributed by atoms with Crippen molar-refractivity contribution in [2.75, 3.05) is 0 Å². The van der Waals surface area contributed by atoms with Crippen LogP contribution in [0.25, 0.3) is 10.8 Å². The Morgan fingerprint density at radius 3 is 2.80 bits per heavy atom. The number of hydrogen-bond donors (Lipinski definition) is 1. The summed E-state index contributed by atoms with van der Waals surface area (Å²) in [6, 6.07) is 0. The summed E-state index contributed by atoms with van der Waals surface area (Å²) in [4.78, 5) is 26.6. The minimum atomic E-state index is -0.146. The zero-order valence-corrected chi connectivity index (χ0v) is 9.33. The van der Waals surface area contributed by atoms with E-state index in [0.29, 0.717) is 16.5 Å². The summed E-state index contributed by atoms with van der Waals surface area (Å²) >= 11 is 3.06. The van der Waals surface area contributed by atoms with Gasteiger partial charge in [-0.3, -0.25) is 9.59 Å². The highest BCUT2D eigenvalue weighted by Crippen LogP contribution is 2.25. The van der Waals surface area contributed by atoms with Crippen LogP contribution in [0.15, 0.2) is 20.3 Å². The maximum absolute atomic E-state index is 12.1. The van der Waals surface area contributed by atoms with Crippen molar-refractivity contribution in [3.63, 3.8) is 0 Å². The first-order valence-corrected chi connectivity index (χ1v) is 6.59. The number of hydrogen-bond acceptors (Lipinski definition) is 4. The summed E-state index contributed by atoms with van der Waals surface area (Å²) in [5, 5.41) is 4.57. The van der Waals surface area contributed by atoms with E-state index in [9.17, 15) is 9.59 Å². The molecule has 0 saturated carbocycles. The number of fused-ring (bicyclic) bond motifs is 2. The zero-order chi connectivity index (χ0) is 10.4. The van der Waals surface area contributed by atoms with Crippen LogP contribution in [0.5, 0.6) is 0 Å². The summed E-state index contributed by atoms with van der Waals surface area (Å²) in [5.74, 6) is 1.45. The molecule has 0 aromatic carbocycles. The fourth-order valence-corrected chi connectivity index (χ4v) is 3.63. The van der Waals surface area contributed by atoms with Gasteiger partial charge in [0, 0.05) is 38.9 Å². The van der Waals surface area contributed by atoms with Crippen LogP contribution < -0.4 is 11.0 Å². The van der Waals surface area contributed by atoms with Crippen molar-refractivity contribution in [1.29, 1.82) is 0 Å². The Hall–Kier alpha value is -1.07. The lowest BCUT2D eigenvalue weighted by atomic mass is 10.2. The normalized spacial score (nSPS) is 14.4. The molecular weight excluding hydrogens is 230 g/mol. The van der Waals surface area contributed by atoms with Gasteiger partial charge in [-0.1, -0.05) is 0 Å². The van der Waals surface area contributed by atoms with Crippen molar-refractivity contribution in [2.45, 2.75) is 11.5 Å². The average molecular weight is 237 g/mol. The first kappa shape index (κ1) is 9.18. The number of nitrogens with one attached hydrogen (secondary N) is 1. The van der Waals surface area contributed by atoms with E-state index in [1.54, 1.807) is 22.5 Å². The van der Waals surface area contributed by atoms with E-state index in [1.165, 1.54) is 11.3 Å². The van der Waals surface area contributed by atoms with Crippen molar-refractivity contribution in [2.24, 2.45) is 0 Å². The fraction of sp³-hybridized carbons (Fsp3) is 0.200. The van der Waals surface area contributed by atoms with Crippen molar-refractivity contribution in [1.82, 2.24) is 4.98 Å². The van der Waals surface area contributed by atoms with Crippen LogP contribution >= 0.6 is 23.1 Å². The van der Waals surface area contributed by atoms with E-state index < -0.39 is 0 Å². The number of aromatic nitrogens is 1. The van der Waals surface area contributed by atoms with Gasteiger partial charge in [-0.2, -0.15) is 23.1 Å². The summed E-state index contributed by atoms with van der Waals surface area (Å²) in [7, 11) is 0. The Kier molecular flexibility index (Phi) is 1.97. The molecule has 3 rings (SSSR count). The van der Waals surface area contributed by atoms with Gasteiger partial charge in [-0.25, -0.2) is 0 Å². The second kappa shape index (κ2) is 3.21. The van der Waals surface area contributed by atoms with E-state index in [0.717, 1.165) is 17.0 Å². The van der Waals surface area contributed by atoms with Gasteiger partial charge < -0.3 is 4.98 Å². The lowest BCUT2D eigenvalue weighted by Crippen LogP contribution is -2.04. The summed E-state index contributed by atoms with van der Waals surface area (Å²) in [6.45, 7) is 0. The van der Waals surface area contributed by atoms with E-state index in [4.69, 9.17) is 0 Å². The Labute approximate surface area is 93.2 Å². The number of rotatable bonds is 0. The highest BCUT2D eigenvalue weighted by atomic mass is 32.2. The zero-order valence-electron chi connectivity index (χ0n) is 7.70. The monoisotopic (exact) mass is 237 g/mol. The predicted octanol–water partition coefficient (Wildman–Crippen LogP) is 1.70. The molecular formula is C10H7NO2S2. The summed E-state index contributed by atoms with van der Waals surface area (Å²) < 4.78 is 0. The number of H-pyrrole nitrogens is 1. The van der Waals surface area contributed by atoms with Crippen molar-refractivity contribution in [3.05, 3.63) is 42.6 Å². The summed E-state index contributed by atoms with van der Waals surface area (Å²) in [6.07, 6.45) is 0. The molecule has 1 aliphatic rings. The molecule has 0 radical (unpaired) electrons. The molecule has 2 aromatic heterocycles. The van der Waals surface area contributed by atoms with Gasteiger partial charge in [0.2, 0.25) is 0 Å². The molecule has 0 saturated heterocycles. The van der Waals surface area contributed by atoms with E-state index in [2.05, 4.69) is 4.98 Å². The molecule has 15 heavy (non-hydrogen) atoms. The molecule has 0 amide bonds. The van der Waals surface area contributed by atoms with Gasteiger partial charge in [0.1, 0.15) is 0 Å². The number of aromatic amines is 1. The van der Waals surface area contributed by atoms with E-state index in [-0.39, 0.29) is 11.0 Å². The Morgan fingerprint density at radius 2 is 1.93 bits per heavy atom. The largest absolute Gasteiger partial charge is 0.324 e. The molecule has 0 unspecified atom stereocenters. The van der Waals surface area contributed by atoms with Crippen LogP contribution in [0.3, 0.4) is 0 Å². The molecule has 76 valence electrons. The maximum atomic E-state index is 12.1. The minimum Gasteiger partial charge on any atom is -0.324 e. The fourth-order valence-electron chi connectivity index (χ4n) is 1.76. The molecule has 0 aliphatic carbocycles. The van der Waals surface area contributed by atoms with Crippen LogP contribution in [0.2, 0.25) is 0 Å². The van der Waals surface area contributed by atoms with Crippen LogP contribution in [-0.4, -0.2) is 4.98 Å². The second-order valence-electron chi connectivity index (χ2n) is 3.43. The van der Waals surface area contributed by atoms with Crippen molar-refractivity contribution in [3.8, 4) is 0 Å². The van der Waals surface area contributed by atoms with Crippen LogP contribution in [0.4, 0.5) is 0 Å². The molecule has 0 spiro atoms. The van der Waals surface area contributed by atoms with E-state index in [1.807, 2.05) is 0 Å². The molecule has 0 bridgehead atoms. The molecule has 0 fully saturated rings. The quantitative estimate of drug-likeness (QED) is 0.758. The van der Waals surface area contributed by atoms with Crippen LogP contribution in [-0.2, 0) is 11.5 Å². The molecule has 3 nitrogen and oxygen atoms in total. The maximum Gasteiger partial charge on any atom is 0.257 e. The second-order valence-corrected chi connectivity index (χ2v) is 5.16. The van der Waals surface area contributed by atoms with Crippen molar-refractivity contribution >= 4 is 33.9 Å². The summed E-state index contributed by atoms with van der Waals surface area (Å²) in [5.41, 5.74) is 1.44. The van der Waals surface area contributed by atoms with Gasteiger partial charge in [-0.15, -0.1) is 0 Å². The average Bonchev–Trinajstić information content (AvgIpc) is 2.82. The first-order chi connectivity index (χ1) is 7.27. The molecule has 2 aromatic rings. The van der Waals surface area contributed by atoms with Crippen LogP contribution in [0, 0.1) is 0 Å². The number of thiophene rings is 1. The highest BCUT2D eigenvalue weighted by molar-refractivity contribution is 7.98. The van der Waals surface area contributed by atoms with Gasteiger partial charge in [-0.05, 0) is 0 Å². The molecule has 1 aliphatic heterocycles. The van der Waals surface area contributed by atoms with Crippen LogP contribution in [0.1, 0.15) is 11.3 Å². The van der Waals surface area contributed by atoms with Crippen molar-refractivity contribution < 1.29 is 0 Å². The topological polar surface area (TPSA) is 49.9 Å². The molecule has 0 atom stereocenters. The lowest BCUT2D eigenvalue weighted by Gasteiger charge is -1.86. The minimum absolute atomic E-state index is 0.0181.